The summed E-state index contributed by atoms with van der Waals surface area (Å²) in [7, 11) is -0.488. The quantitative estimate of drug-likeness (QED) is 0.837. The van der Waals surface area contributed by atoms with Crippen molar-refractivity contribution < 1.29 is 4.79 Å². The van der Waals surface area contributed by atoms with Crippen molar-refractivity contribution in [3.8, 4) is 0 Å². The monoisotopic (exact) mass is 289 g/mol. The van der Waals surface area contributed by atoms with Gasteiger partial charge in [-0.15, -0.1) is 0 Å². The molecule has 16 heavy (non-hydrogen) atoms. The standard InChI is InChI=1S/C10H8ClNOS3/c1-6(13)15-5-7-2-8-3-9(11)16(14)10(8)12-4-7/h2-4H,5H2,1H3. The number of fused-ring (bicyclic) bond motifs is 1. The molecular formula is C10H8ClNOS3. The molecule has 0 saturated heterocycles. The molecule has 0 aliphatic carbocycles. The van der Waals surface area contributed by atoms with Crippen LogP contribution in [0, 0.1) is 0 Å². The summed E-state index contributed by atoms with van der Waals surface area (Å²) in [6, 6.07) is 2.00. The number of nitrogens with zero attached hydrogens (tertiary/aromatic N) is 1. The van der Waals surface area contributed by atoms with Gasteiger partial charge in [-0.25, -0.2) is 4.98 Å². The summed E-state index contributed by atoms with van der Waals surface area (Å²) < 4.78 is 0.675. The molecule has 1 unspecified atom stereocenters. The van der Waals surface area contributed by atoms with Crippen LogP contribution in [0.2, 0.25) is 0 Å². The van der Waals surface area contributed by atoms with Crippen LogP contribution in [0.3, 0.4) is 0 Å². The number of carbonyl (C=O) groups excluding carboxylic acids is 1. The molecule has 0 bridgehead atoms. The largest absolute Gasteiger partial charge is 0.288 e. The van der Waals surface area contributed by atoms with Gasteiger partial charge in [0.05, 0.1) is 4.36 Å². The Morgan fingerprint density at radius 1 is 1.69 bits per heavy atom. The third kappa shape index (κ3) is 2.53. The molecule has 1 aromatic heterocycles. The fourth-order valence-electron chi connectivity index (χ4n) is 1.31. The van der Waals surface area contributed by atoms with Crippen molar-refractivity contribution >= 4 is 55.2 Å². The summed E-state index contributed by atoms with van der Waals surface area (Å²) in [4.78, 5) is 15.2. The maximum absolute atomic E-state index is 10.8. The molecule has 2 rings (SSSR count). The van der Waals surface area contributed by atoms with Crippen molar-refractivity contribution in [3.63, 3.8) is 0 Å². The summed E-state index contributed by atoms with van der Waals surface area (Å²) in [6.07, 6.45) is 3.63. The summed E-state index contributed by atoms with van der Waals surface area (Å²) in [5.74, 6) is 0.645. The average Bonchev–Trinajstić information content (AvgIpc) is 2.52. The van der Waals surface area contributed by atoms with E-state index in [1.54, 1.807) is 13.1 Å². The first kappa shape index (κ1) is 12.2. The zero-order valence-corrected chi connectivity index (χ0v) is 11.6. The zero-order chi connectivity index (χ0) is 11.7. The molecule has 0 saturated carbocycles. The number of pyridine rings is 1. The van der Waals surface area contributed by atoms with Crippen LogP contribution in [0.5, 0.6) is 0 Å². The first-order valence-electron chi connectivity index (χ1n) is 4.49. The maximum Gasteiger partial charge on any atom is 0.186 e. The van der Waals surface area contributed by atoms with Gasteiger partial charge in [-0.3, -0.25) is 4.79 Å². The third-order valence-corrected chi connectivity index (χ3v) is 5.91. The number of carbonyl (C=O) groups is 1. The van der Waals surface area contributed by atoms with Crippen molar-refractivity contribution in [2.45, 2.75) is 17.7 Å². The number of thioether (sulfide) groups is 1. The van der Waals surface area contributed by atoms with Crippen LogP contribution in [-0.2, 0) is 31.2 Å². The molecule has 0 amide bonds. The lowest BCUT2D eigenvalue weighted by atomic mass is 10.2. The second-order valence-electron chi connectivity index (χ2n) is 3.24. The predicted molar refractivity (Wildman–Crippen MR) is 73.0 cm³/mol. The van der Waals surface area contributed by atoms with Gasteiger partial charge in [0.15, 0.2) is 5.12 Å². The molecule has 1 aromatic rings. The van der Waals surface area contributed by atoms with E-state index in [1.807, 2.05) is 12.1 Å². The van der Waals surface area contributed by atoms with Crippen molar-refractivity contribution in [3.05, 3.63) is 27.8 Å². The van der Waals surface area contributed by atoms with Crippen LogP contribution < -0.4 is 0 Å². The van der Waals surface area contributed by atoms with E-state index in [2.05, 4.69) is 4.98 Å². The van der Waals surface area contributed by atoms with Crippen LogP contribution in [0.4, 0.5) is 0 Å². The second-order valence-corrected chi connectivity index (χ2v) is 7.38. The van der Waals surface area contributed by atoms with Crippen LogP contribution in [0.15, 0.2) is 21.7 Å². The van der Waals surface area contributed by atoms with E-state index in [0.717, 1.165) is 16.2 Å². The fraction of sp³-hybridized carbons (Fsp3) is 0.200. The first-order chi connectivity index (χ1) is 7.58. The summed E-state index contributed by atoms with van der Waals surface area (Å²) >= 11 is 12.5. The van der Waals surface area contributed by atoms with Gasteiger partial charge in [0.25, 0.3) is 0 Å². The molecule has 2 heterocycles. The zero-order valence-electron chi connectivity index (χ0n) is 8.40. The highest BCUT2D eigenvalue weighted by Gasteiger charge is 2.17. The Morgan fingerprint density at radius 2 is 2.44 bits per heavy atom. The molecule has 1 atom stereocenters. The van der Waals surface area contributed by atoms with Gasteiger partial charge in [0.1, 0.15) is 5.03 Å². The average molecular weight is 290 g/mol. The van der Waals surface area contributed by atoms with Gasteiger partial charge in [0.2, 0.25) is 0 Å². The molecule has 0 N–H and O–H groups in total. The van der Waals surface area contributed by atoms with Crippen LogP contribution in [0.1, 0.15) is 18.1 Å². The Balaban J connectivity index is 2.24. The van der Waals surface area contributed by atoms with Gasteiger partial charge in [-0.05, 0) is 38.3 Å². The number of rotatable bonds is 2. The summed E-state index contributed by atoms with van der Waals surface area (Å²) in [5.41, 5.74) is 2.01. The SMILES string of the molecule is CC(=O)SCc1cnc2c(c1)C=C(Cl)S2=S. The van der Waals surface area contributed by atoms with Crippen molar-refractivity contribution in [1.29, 1.82) is 0 Å². The molecule has 0 aromatic carbocycles. The Kier molecular flexibility index (Phi) is 3.79. The highest BCUT2D eigenvalue weighted by Crippen LogP contribution is 2.31. The Labute approximate surface area is 110 Å². The van der Waals surface area contributed by atoms with Crippen LogP contribution >= 0.6 is 23.4 Å². The van der Waals surface area contributed by atoms with E-state index < -0.39 is 9.45 Å². The van der Waals surface area contributed by atoms with Gasteiger partial charge in [-0.2, -0.15) is 0 Å². The van der Waals surface area contributed by atoms with Crippen molar-refractivity contribution in [2.24, 2.45) is 0 Å². The van der Waals surface area contributed by atoms with E-state index in [4.69, 9.17) is 22.8 Å². The lowest BCUT2D eigenvalue weighted by molar-refractivity contribution is -0.109. The van der Waals surface area contributed by atoms with Gasteiger partial charge >= 0.3 is 0 Å². The normalized spacial score (nSPS) is 18.1. The smallest absolute Gasteiger partial charge is 0.186 e. The number of hydrogen-bond donors (Lipinski definition) is 0. The number of hydrogen-bond acceptors (Lipinski definition) is 4. The molecule has 84 valence electrons. The molecule has 1 aliphatic rings. The molecular weight excluding hydrogens is 282 g/mol. The van der Waals surface area contributed by atoms with Gasteiger partial charge < -0.3 is 0 Å². The van der Waals surface area contributed by atoms with Gasteiger partial charge in [-0.1, -0.05) is 23.4 Å². The molecule has 1 aliphatic heterocycles. The molecule has 6 heteroatoms. The minimum absolute atomic E-state index is 0.108. The fourth-order valence-corrected chi connectivity index (χ4v) is 3.63. The van der Waals surface area contributed by atoms with Gasteiger partial charge in [0, 0.05) is 24.4 Å². The molecule has 0 fully saturated rings. The van der Waals surface area contributed by atoms with E-state index >= 15 is 0 Å². The van der Waals surface area contributed by atoms with Crippen molar-refractivity contribution in [1.82, 2.24) is 4.98 Å². The summed E-state index contributed by atoms with van der Waals surface area (Å²) in [6.45, 7) is 1.56. The minimum atomic E-state index is -0.488. The number of aromatic nitrogens is 1. The molecule has 2 nitrogen and oxygen atoms in total. The van der Waals surface area contributed by atoms with E-state index in [0.29, 0.717) is 10.1 Å². The molecule has 0 spiro atoms. The van der Waals surface area contributed by atoms with E-state index in [9.17, 15) is 4.79 Å². The topological polar surface area (TPSA) is 30.0 Å². The Morgan fingerprint density at radius 3 is 3.12 bits per heavy atom. The summed E-state index contributed by atoms with van der Waals surface area (Å²) in [5, 5.41) is 0.980. The number of halogens is 1. The minimum Gasteiger partial charge on any atom is -0.288 e. The lowest BCUT2D eigenvalue weighted by Gasteiger charge is -2.02. The third-order valence-electron chi connectivity index (χ3n) is 2.00. The van der Waals surface area contributed by atoms with E-state index in [1.165, 1.54) is 11.8 Å². The highest BCUT2D eigenvalue weighted by molar-refractivity contribution is 8.32. The Hall–Kier alpha value is -0.230. The first-order valence-corrected chi connectivity index (χ1v) is 8.00. The second kappa shape index (κ2) is 4.96. The predicted octanol–water partition coefficient (Wildman–Crippen LogP) is 2.85. The van der Waals surface area contributed by atoms with Crippen LogP contribution in [0.25, 0.3) is 6.08 Å². The Bertz CT molecular complexity index is 513. The lowest BCUT2D eigenvalue weighted by Crippen LogP contribution is -1.93. The van der Waals surface area contributed by atoms with Crippen molar-refractivity contribution in [2.75, 3.05) is 0 Å². The molecule has 0 radical (unpaired) electrons. The van der Waals surface area contributed by atoms with Crippen LogP contribution in [-0.4, -0.2) is 10.1 Å². The maximum atomic E-state index is 10.8. The van der Waals surface area contributed by atoms with E-state index in [-0.39, 0.29) is 5.12 Å². The highest BCUT2D eigenvalue weighted by atomic mass is 35.5.